The van der Waals surface area contributed by atoms with Gasteiger partial charge in [-0.3, -0.25) is 4.79 Å². The standard InChI is InChI=1S/C15H14O4.C15H14O3/c1-18-14-9-12(15(16)17)7-8-13(14)19-10-11-5-3-2-4-6-11;1-17-15-9-13(10-16)7-8-14(15)18-11-12-5-3-2-4-6-12/h2-9H,10H2,1H3,(H,16,17);2-10H,11H2,1H3. The summed E-state index contributed by atoms with van der Waals surface area (Å²) in [6.07, 6.45) is 0.781. The van der Waals surface area contributed by atoms with Gasteiger partial charge in [-0.2, -0.15) is 0 Å². The van der Waals surface area contributed by atoms with E-state index in [9.17, 15) is 9.59 Å². The van der Waals surface area contributed by atoms with Crippen LogP contribution in [-0.4, -0.2) is 31.6 Å². The Morgan fingerprint density at radius 1 is 0.676 bits per heavy atom. The minimum Gasteiger partial charge on any atom is -0.493 e. The third-order valence-electron chi connectivity index (χ3n) is 5.21. The maximum absolute atomic E-state index is 10.9. The number of carbonyl (C=O) groups is 2. The van der Waals surface area contributed by atoms with Crippen LogP contribution in [0.25, 0.3) is 0 Å². The zero-order valence-electron chi connectivity index (χ0n) is 20.6. The average molecular weight is 501 g/mol. The van der Waals surface area contributed by atoms with E-state index in [1.54, 1.807) is 31.4 Å². The molecule has 4 aromatic rings. The molecule has 190 valence electrons. The second kappa shape index (κ2) is 13.9. The van der Waals surface area contributed by atoms with Crippen LogP contribution in [0, 0.1) is 0 Å². The fourth-order valence-corrected chi connectivity index (χ4v) is 3.27. The normalized spacial score (nSPS) is 9.89. The number of carboxylic acid groups (broad SMARTS) is 1. The van der Waals surface area contributed by atoms with Crippen LogP contribution in [0.5, 0.6) is 23.0 Å². The highest BCUT2D eigenvalue weighted by molar-refractivity contribution is 5.88. The van der Waals surface area contributed by atoms with Crippen LogP contribution in [0.15, 0.2) is 97.1 Å². The van der Waals surface area contributed by atoms with Crippen molar-refractivity contribution in [2.24, 2.45) is 0 Å². The van der Waals surface area contributed by atoms with Crippen LogP contribution in [-0.2, 0) is 13.2 Å². The molecule has 0 aliphatic carbocycles. The minimum atomic E-state index is -0.993. The van der Waals surface area contributed by atoms with Crippen molar-refractivity contribution in [2.75, 3.05) is 14.2 Å². The van der Waals surface area contributed by atoms with Gasteiger partial charge in [-0.1, -0.05) is 60.7 Å². The second-order valence-corrected chi connectivity index (χ2v) is 7.75. The minimum absolute atomic E-state index is 0.170. The van der Waals surface area contributed by atoms with E-state index in [-0.39, 0.29) is 5.56 Å². The molecular formula is C30H28O7. The highest BCUT2D eigenvalue weighted by Gasteiger charge is 2.10. The van der Waals surface area contributed by atoms with E-state index in [1.807, 2.05) is 60.7 Å². The SMILES string of the molecule is COc1cc(C(=O)O)ccc1OCc1ccccc1.COc1cc(C=O)ccc1OCc1ccccc1. The average Bonchev–Trinajstić information content (AvgIpc) is 2.96. The first-order chi connectivity index (χ1) is 18.0. The zero-order chi connectivity index (χ0) is 26.5. The Morgan fingerprint density at radius 3 is 1.62 bits per heavy atom. The number of rotatable bonds is 10. The smallest absolute Gasteiger partial charge is 0.335 e. The number of carboxylic acids is 1. The first-order valence-electron chi connectivity index (χ1n) is 11.4. The summed E-state index contributed by atoms with van der Waals surface area (Å²) in [5.41, 5.74) is 2.86. The molecule has 0 bridgehead atoms. The number of benzene rings is 4. The number of hydrogen-bond acceptors (Lipinski definition) is 6. The summed E-state index contributed by atoms with van der Waals surface area (Å²) >= 11 is 0. The Labute approximate surface area is 215 Å². The highest BCUT2D eigenvalue weighted by atomic mass is 16.5. The van der Waals surface area contributed by atoms with Gasteiger partial charge in [0.05, 0.1) is 19.8 Å². The van der Waals surface area contributed by atoms with Gasteiger partial charge in [0.2, 0.25) is 0 Å². The molecule has 7 nitrogen and oxygen atoms in total. The lowest BCUT2D eigenvalue weighted by atomic mass is 10.2. The lowest BCUT2D eigenvalue weighted by molar-refractivity contribution is 0.0696. The van der Waals surface area contributed by atoms with E-state index in [0.717, 1.165) is 17.4 Å². The van der Waals surface area contributed by atoms with Gasteiger partial charge in [0.25, 0.3) is 0 Å². The van der Waals surface area contributed by atoms with Gasteiger partial charge in [-0.25, -0.2) is 4.79 Å². The molecule has 4 aromatic carbocycles. The molecule has 0 aliphatic rings. The molecule has 7 heteroatoms. The molecule has 0 radical (unpaired) electrons. The third kappa shape index (κ3) is 8.14. The summed E-state index contributed by atoms with van der Waals surface area (Å²) in [5, 5.41) is 8.91. The first kappa shape index (κ1) is 26.8. The van der Waals surface area contributed by atoms with Crippen molar-refractivity contribution in [1.29, 1.82) is 0 Å². The number of methoxy groups -OCH3 is 2. The van der Waals surface area contributed by atoms with Crippen molar-refractivity contribution in [2.45, 2.75) is 13.2 Å². The van der Waals surface area contributed by atoms with Crippen molar-refractivity contribution >= 4 is 12.3 Å². The monoisotopic (exact) mass is 500 g/mol. The van der Waals surface area contributed by atoms with Crippen molar-refractivity contribution in [3.63, 3.8) is 0 Å². The summed E-state index contributed by atoms with van der Waals surface area (Å²) < 4.78 is 21.6. The molecule has 0 fully saturated rings. The number of aldehydes is 1. The van der Waals surface area contributed by atoms with Crippen LogP contribution >= 0.6 is 0 Å². The summed E-state index contributed by atoms with van der Waals surface area (Å²) in [7, 11) is 3.04. The largest absolute Gasteiger partial charge is 0.493 e. The molecule has 0 saturated carbocycles. The maximum atomic E-state index is 10.9. The fraction of sp³-hybridized carbons (Fsp3) is 0.133. The van der Waals surface area contributed by atoms with Gasteiger partial charge >= 0.3 is 5.97 Å². The molecule has 0 unspecified atom stereocenters. The molecule has 1 N–H and O–H groups in total. The Bertz CT molecular complexity index is 1290. The molecule has 0 amide bonds. The van der Waals surface area contributed by atoms with Gasteiger partial charge in [0.1, 0.15) is 19.5 Å². The number of hydrogen-bond donors (Lipinski definition) is 1. The molecule has 37 heavy (non-hydrogen) atoms. The Kier molecular flexibility index (Phi) is 10.1. The molecule has 4 rings (SSSR count). The van der Waals surface area contributed by atoms with Gasteiger partial charge in [0.15, 0.2) is 23.0 Å². The lowest BCUT2D eigenvalue weighted by Crippen LogP contribution is -2.00. The summed E-state index contributed by atoms with van der Waals surface area (Å²) in [4.78, 5) is 21.5. The highest BCUT2D eigenvalue weighted by Crippen LogP contribution is 2.29. The number of carbonyl (C=O) groups excluding carboxylic acids is 1. The van der Waals surface area contributed by atoms with Gasteiger partial charge in [0, 0.05) is 5.56 Å². The summed E-state index contributed by atoms with van der Waals surface area (Å²) in [6, 6.07) is 29.2. The maximum Gasteiger partial charge on any atom is 0.335 e. The van der Waals surface area contributed by atoms with Crippen molar-refractivity contribution in [3.05, 3.63) is 119 Å². The van der Waals surface area contributed by atoms with E-state index in [2.05, 4.69) is 0 Å². The summed E-state index contributed by atoms with van der Waals surface area (Å²) in [5.74, 6) is 1.14. The predicted octanol–water partition coefficient (Wildman–Crippen LogP) is 6.06. The zero-order valence-corrected chi connectivity index (χ0v) is 20.6. The summed E-state index contributed by atoms with van der Waals surface area (Å²) in [6.45, 7) is 0.876. The first-order valence-corrected chi connectivity index (χ1v) is 11.4. The van der Waals surface area contributed by atoms with Gasteiger partial charge < -0.3 is 24.1 Å². The van der Waals surface area contributed by atoms with E-state index >= 15 is 0 Å². The molecule has 0 aliphatic heterocycles. The molecule has 0 atom stereocenters. The van der Waals surface area contributed by atoms with Crippen LogP contribution in [0.1, 0.15) is 31.8 Å². The molecule has 0 aromatic heterocycles. The Balaban J connectivity index is 0.000000206. The van der Waals surface area contributed by atoms with Crippen LogP contribution in [0.4, 0.5) is 0 Å². The van der Waals surface area contributed by atoms with Crippen molar-refractivity contribution < 1.29 is 33.6 Å². The molecule has 0 spiro atoms. The van der Waals surface area contributed by atoms with E-state index < -0.39 is 5.97 Å². The van der Waals surface area contributed by atoms with Crippen LogP contribution in [0.2, 0.25) is 0 Å². The molecular weight excluding hydrogens is 472 g/mol. The predicted molar refractivity (Wildman–Crippen MR) is 140 cm³/mol. The third-order valence-corrected chi connectivity index (χ3v) is 5.21. The van der Waals surface area contributed by atoms with E-state index in [4.69, 9.17) is 24.1 Å². The van der Waals surface area contributed by atoms with Gasteiger partial charge in [-0.05, 0) is 47.5 Å². The topological polar surface area (TPSA) is 91.3 Å². The Hall–Kier alpha value is -4.78. The van der Waals surface area contributed by atoms with Crippen LogP contribution in [0.3, 0.4) is 0 Å². The molecule has 0 saturated heterocycles. The quantitative estimate of drug-likeness (QED) is 0.265. The van der Waals surface area contributed by atoms with E-state index in [1.165, 1.54) is 19.2 Å². The van der Waals surface area contributed by atoms with Gasteiger partial charge in [-0.15, -0.1) is 0 Å². The molecule has 0 heterocycles. The fourth-order valence-electron chi connectivity index (χ4n) is 3.27. The van der Waals surface area contributed by atoms with E-state index in [0.29, 0.717) is 41.8 Å². The van der Waals surface area contributed by atoms with Crippen LogP contribution < -0.4 is 18.9 Å². The van der Waals surface area contributed by atoms with Crippen molar-refractivity contribution in [1.82, 2.24) is 0 Å². The number of aromatic carboxylic acids is 1. The lowest BCUT2D eigenvalue weighted by Gasteiger charge is -2.11. The van der Waals surface area contributed by atoms with Crippen molar-refractivity contribution in [3.8, 4) is 23.0 Å². The second-order valence-electron chi connectivity index (χ2n) is 7.75. The Morgan fingerprint density at radius 2 is 1.16 bits per heavy atom. The number of ether oxygens (including phenoxy) is 4.